The van der Waals surface area contributed by atoms with Crippen LogP contribution in [0.4, 0.5) is 0 Å². The molecule has 14 unspecified atom stereocenters. The molecule has 42 heavy (non-hydrogen) atoms. The summed E-state index contributed by atoms with van der Waals surface area (Å²) in [5, 5.41) is 49.6. The molecule has 5 N–H and O–H groups in total. The summed E-state index contributed by atoms with van der Waals surface area (Å²) < 4.78 is 11.8. The minimum Gasteiger partial charge on any atom is -0.396 e. The number of Topliss-reactive ketones (excluding diaryl/α,β-unsaturated/α-hetero) is 2. The van der Waals surface area contributed by atoms with Gasteiger partial charge in [-0.1, -0.05) is 39.3 Å². The van der Waals surface area contributed by atoms with E-state index in [1.54, 1.807) is 0 Å². The lowest BCUT2D eigenvalue weighted by Gasteiger charge is -2.58. The first-order valence-electron chi connectivity index (χ1n) is 16.2. The number of aliphatic hydroxyl groups is 5. The molecule has 0 aromatic carbocycles. The van der Waals surface area contributed by atoms with Crippen LogP contribution in [0.25, 0.3) is 0 Å². The lowest BCUT2D eigenvalue weighted by atomic mass is 9.47. The highest BCUT2D eigenvalue weighted by molar-refractivity contribution is 5.92. The molecule has 0 spiro atoms. The van der Waals surface area contributed by atoms with Crippen LogP contribution in [0, 0.1) is 46.3 Å². The number of aliphatic hydroxyl groups excluding tert-OH is 5. The Kier molecular flexibility index (Phi) is 9.43. The average molecular weight is 593 g/mol. The van der Waals surface area contributed by atoms with Gasteiger partial charge in [0.05, 0.1) is 12.7 Å². The molecular weight excluding hydrogens is 540 g/mol. The van der Waals surface area contributed by atoms with Crippen molar-refractivity contribution in [3.05, 3.63) is 11.6 Å². The largest absolute Gasteiger partial charge is 0.396 e. The molecule has 0 bridgehead atoms. The smallest absolute Gasteiger partial charge is 0.186 e. The number of rotatable bonds is 9. The van der Waals surface area contributed by atoms with Gasteiger partial charge in [0, 0.05) is 31.3 Å². The summed E-state index contributed by atoms with van der Waals surface area (Å²) in [7, 11) is 0. The van der Waals surface area contributed by atoms with E-state index in [9.17, 15) is 35.1 Å². The third kappa shape index (κ3) is 5.46. The summed E-state index contributed by atoms with van der Waals surface area (Å²) in [6, 6.07) is 0. The monoisotopic (exact) mass is 592 g/mol. The van der Waals surface area contributed by atoms with Gasteiger partial charge < -0.3 is 35.0 Å². The normalized spacial score (nSPS) is 46.7. The van der Waals surface area contributed by atoms with Crippen LogP contribution in [0.1, 0.15) is 85.5 Å². The maximum atomic E-state index is 13.6. The quantitative estimate of drug-likeness (QED) is 0.254. The van der Waals surface area contributed by atoms with Crippen LogP contribution in [-0.4, -0.2) is 87.1 Å². The Bertz CT molecular complexity index is 1040. The summed E-state index contributed by atoms with van der Waals surface area (Å²) in [6.45, 7) is 8.09. The zero-order valence-electron chi connectivity index (χ0n) is 25.7. The molecule has 238 valence electrons. The maximum Gasteiger partial charge on any atom is 0.186 e. The van der Waals surface area contributed by atoms with E-state index < -0.39 is 37.3 Å². The highest BCUT2D eigenvalue weighted by atomic mass is 16.7. The second-order valence-corrected chi connectivity index (χ2v) is 14.7. The van der Waals surface area contributed by atoms with Gasteiger partial charge in [0.15, 0.2) is 6.29 Å². The van der Waals surface area contributed by atoms with Crippen molar-refractivity contribution in [3.63, 3.8) is 0 Å². The van der Waals surface area contributed by atoms with Gasteiger partial charge in [-0.25, -0.2) is 0 Å². The number of carbonyl (C=O) groups excluding carboxylic acids is 2. The summed E-state index contributed by atoms with van der Waals surface area (Å²) in [4.78, 5) is 26.7. The van der Waals surface area contributed by atoms with E-state index in [-0.39, 0.29) is 58.8 Å². The molecule has 1 heterocycles. The first-order chi connectivity index (χ1) is 19.8. The Morgan fingerprint density at radius 2 is 1.79 bits per heavy atom. The number of ketones is 2. The van der Waals surface area contributed by atoms with Crippen molar-refractivity contribution in [1.82, 2.24) is 0 Å². The Morgan fingerprint density at radius 1 is 1.05 bits per heavy atom. The Hall–Kier alpha value is -1.20. The Labute approximate surface area is 249 Å². The van der Waals surface area contributed by atoms with Crippen LogP contribution in [-0.2, 0) is 19.1 Å². The number of ether oxygens (including phenoxy) is 2. The lowest BCUT2D eigenvalue weighted by Crippen LogP contribution is -2.60. The van der Waals surface area contributed by atoms with Gasteiger partial charge in [-0.3, -0.25) is 9.59 Å². The van der Waals surface area contributed by atoms with Crippen molar-refractivity contribution in [2.75, 3.05) is 13.2 Å². The van der Waals surface area contributed by atoms with Gasteiger partial charge in [-0.05, 0) is 79.4 Å². The average Bonchev–Trinajstić information content (AvgIpc) is 3.25. The molecule has 4 aliphatic carbocycles. The van der Waals surface area contributed by atoms with E-state index in [1.165, 1.54) is 5.57 Å². The number of hydrogen-bond acceptors (Lipinski definition) is 9. The molecule has 14 atom stereocenters. The molecule has 1 saturated heterocycles. The highest BCUT2D eigenvalue weighted by Gasteiger charge is 2.62. The first kappa shape index (κ1) is 32.2. The molecule has 9 nitrogen and oxygen atoms in total. The fourth-order valence-electron chi connectivity index (χ4n) is 9.69. The minimum absolute atomic E-state index is 0.0114. The van der Waals surface area contributed by atoms with Crippen LogP contribution in [0.3, 0.4) is 0 Å². The van der Waals surface area contributed by atoms with Gasteiger partial charge in [0.2, 0.25) is 0 Å². The molecule has 4 fully saturated rings. The predicted octanol–water partition coefficient (Wildman–Crippen LogP) is 2.54. The molecule has 1 aliphatic heterocycles. The molecule has 0 amide bonds. The van der Waals surface area contributed by atoms with Crippen LogP contribution in [0.15, 0.2) is 11.6 Å². The highest BCUT2D eigenvalue weighted by Crippen LogP contribution is 2.66. The molecule has 5 aliphatic rings. The second-order valence-electron chi connectivity index (χ2n) is 14.7. The van der Waals surface area contributed by atoms with Crippen molar-refractivity contribution >= 4 is 11.6 Å². The first-order valence-corrected chi connectivity index (χ1v) is 16.2. The summed E-state index contributed by atoms with van der Waals surface area (Å²) in [5.41, 5.74) is 1.15. The topological polar surface area (TPSA) is 154 Å². The molecule has 5 rings (SSSR count). The molecule has 0 aromatic heterocycles. The van der Waals surface area contributed by atoms with E-state index >= 15 is 0 Å². The number of fused-ring (bicyclic) bond motifs is 5. The standard InChI is InChI=1S/C33H52O9/c1-17(15-34)5-8-24(36)18(2)27-25(37)14-23-21-7-6-19-13-20(9-11-32(19,3)22(21)10-12-33(23,27)4)41-31-30(40)29(39)28(38)26(16-35)42-31/h6,17-18,20-23,26-31,34-35,38-40H,5,7-16H2,1-4H3. The van der Waals surface area contributed by atoms with Crippen molar-refractivity contribution in [2.24, 2.45) is 46.3 Å². The Morgan fingerprint density at radius 3 is 2.48 bits per heavy atom. The zero-order chi connectivity index (χ0) is 30.6. The van der Waals surface area contributed by atoms with Gasteiger partial charge in [-0.15, -0.1) is 0 Å². The molecule has 0 aromatic rings. The summed E-state index contributed by atoms with van der Waals surface area (Å²) >= 11 is 0. The predicted molar refractivity (Wildman–Crippen MR) is 154 cm³/mol. The maximum absolute atomic E-state index is 13.6. The number of hydrogen-bond donors (Lipinski definition) is 5. The van der Waals surface area contributed by atoms with E-state index in [0.717, 1.165) is 32.1 Å². The van der Waals surface area contributed by atoms with E-state index in [0.29, 0.717) is 37.5 Å². The zero-order valence-corrected chi connectivity index (χ0v) is 25.7. The molecule has 9 heteroatoms. The second kappa shape index (κ2) is 12.3. The van der Waals surface area contributed by atoms with Crippen molar-refractivity contribution in [1.29, 1.82) is 0 Å². The number of allylic oxidation sites excluding steroid dienone is 1. The minimum atomic E-state index is -1.46. The van der Waals surface area contributed by atoms with E-state index in [2.05, 4.69) is 19.9 Å². The van der Waals surface area contributed by atoms with Crippen LogP contribution in [0.5, 0.6) is 0 Å². The van der Waals surface area contributed by atoms with Gasteiger partial charge in [-0.2, -0.15) is 0 Å². The molecular formula is C33H52O9. The van der Waals surface area contributed by atoms with Gasteiger partial charge in [0.1, 0.15) is 36.0 Å². The molecule has 0 radical (unpaired) electrons. The summed E-state index contributed by atoms with van der Waals surface area (Å²) in [5.74, 6) is 1.05. The van der Waals surface area contributed by atoms with Crippen LogP contribution < -0.4 is 0 Å². The van der Waals surface area contributed by atoms with Crippen LogP contribution >= 0.6 is 0 Å². The number of carbonyl (C=O) groups is 2. The van der Waals surface area contributed by atoms with Gasteiger partial charge >= 0.3 is 0 Å². The van der Waals surface area contributed by atoms with E-state index in [1.807, 2.05) is 13.8 Å². The van der Waals surface area contributed by atoms with Crippen molar-refractivity contribution in [3.8, 4) is 0 Å². The van der Waals surface area contributed by atoms with Crippen LogP contribution in [0.2, 0.25) is 0 Å². The fourth-order valence-corrected chi connectivity index (χ4v) is 9.69. The van der Waals surface area contributed by atoms with Crippen molar-refractivity contribution in [2.45, 2.75) is 122 Å². The lowest BCUT2D eigenvalue weighted by molar-refractivity contribution is -0.313. The van der Waals surface area contributed by atoms with E-state index in [4.69, 9.17) is 9.47 Å². The Balaban J connectivity index is 1.27. The molecule has 3 saturated carbocycles. The summed E-state index contributed by atoms with van der Waals surface area (Å²) in [6.07, 6.45) is 2.57. The van der Waals surface area contributed by atoms with Crippen molar-refractivity contribution < 1.29 is 44.6 Å². The third-order valence-corrected chi connectivity index (χ3v) is 12.4. The third-order valence-electron chi connectivity index (χ3n) is 12.4. The SMILES string of the molecule is CC(CO)CCC(=O)C(C)C1C(=O)CC2C3CC=C4CC(OC5OC(CO)C(O)C(O)C5O)CCC4(C)C3CCC21C. The fraction of sp³-hybridized carbons (Fsp3) is 0.879. The van der Waals surface area contributed by atoms with Gasteiger partial charge in [0.25, 0.3) is 0 Å².